The zero-order chi connectivity index (χ0) is 29.4. The van der Waals surface area contributed by atoms with Crippen molar-refractivity contribution in [2.24, 2.45) is 29.0 Å². The number of amides is 7. The summed E-state index contributed by atoms with van der Waals surface area (Å²) < 4.78 is 0. The molecule has 0 unspecified atom stereocenters. The Kier molecular flexibility index (Phi) is 16.2. The molecule has 38 heavy (non-hydrogen) atoms. The van der Waals surface area contributed by atoms with Crippen LogP contribution in [0.2, 0.25) is 0 Å². The first-order valence-electron chi connectivity index (χ1n) is 12.7. The van der Waals surface area contributed by atoms with Gasteiger partial charge in [-0.15, -0.1) is 0 Å². The predicted molar refractivity (Wildman–Crippen MR) is 138 cm³/mol. The zero-order valence-electron chi connectivity index (χ0n) is 22.6. The number of hydrogen-bond acceptors (Lipinski definition) is 8. The van der Waals surface area contributed by atoms with Gasteiger partial charge in [-0.05, 0) is 44.1 Å². The molecule has 0 bridgehead atoms. The minimum atomic E-state index is -1.42. The number of unbranched alkanes of at least 4 members (excludes halogenated alkanes) is 2. The largest absolute Gasteiger partial charge is 0.370 e. The first-order chi connectivity index (χ1) is 17.7. The van der Waals surface area contributed by atoms with Gasteiger partial charge in [-0.25, -0.2) is 0 Å². The van der Waals surface area contributed by atoms with Gasteiger partial charge in [0.1, 0.15) is 18.1 Å². The van der Waals surface area contributed by atoms with Crippen molar-refractivity contribution in [2.45, 2.75) is 90.8 Å². The van der Waals surface area contributed by atoms with Crippen molar-refractivity contribution in [1.29, 1.82) is 0 Å². The third kappa shape index (κ3) is 14.3. The van der Waals surface area contributed by atoms with E-state index in [0.29, 0.717) is 19.4 Å². The number of primary amides is 2. The van der Waals surface area contributed by atoms with E-state index in [0.717, 1.165) is 12.8 Å². The van der Waals surface area contributed by atoms with Crippen LogP contribution in [0.4, 0.5) is 0 Å². The van der Waals surface area contributed by atoms with Gasteiger partial charge in [0, 0.05) is 12.8 Å². The Labute approximate surface area is 222 Å². The van der Waals surface area contributed by atoms with Crippen LogP contribution in [-0.2, 0) is 33.6 Å². The van der Waals surface area contributed by atoms with Gasteiger partial charge in [0.15, 0.2) is 0 Å². The van der Waals surface area contributed by atoms with E-state index in [1.807, 2.05) is 13.8 Å². The lowest BCUT2D eigenvalue weighted by Gasteiger charge is -2.27. The molecule has 7 amide bonds. The van der Waals surface area contributed by atoms with Gasteiger partial charge < -0.3 is 33.2 Å². The third-order valence-electron chi connectivity index (χ3n) is 5.49. The van der Waals surface area contributed by atoms with Crippen LogP contribution in [0, 0.1) is 11.8 Å². The Hall–Kier alpha value is -3.55. The Balaban J connectivity index is 5.54. The summed E-state index contributed by atoms with van der Waals surface area (Å²) >= 11 is 0. The van der Waals surface area contributed by atoms with Crippen molar-refractivity contribution in [1.82, 2.24) is 21.3 Å². The highest BCUT2D eigenvalue weighted by Crippen LogP contribution is 2.10. The molecule has 0 saturated carbocycles. The normalized spacial score (nSPS) is 13.2. The molecule has 3 atom stereocenters. The first kappa shape index (κ1) is 34.5. The number of nitrogens with one attached hydrogen (secondary N) is 4. The van der Waals surface area contributed by atoms with Gasteiger partial charge in [0.05, 0.1) is 0 Å². The fourth-order valence-corrected chi connectivity index (χ4v) is 3.44. The molecule has 0 aliphatic heterocycles. The molecule has 0 radical (unpaired) electrons. The van der Waals surface area contributed by atoms with E-state index in [1.165, 1.54) is 0 Å². The van der Waals surface area contributed by atoms with Crippen LogP contribution in [0.25, 0.3) is 0 Å². The summed E-state index contributed by atoms with van der Waals surface area (Å²) in [6, 6.07) is -3.45. The second-order valence-electron chi connectivity index (χ2n) is 9.83. The van der Waals surface area contributed by atoms with E-state index in [4.69, 9.17) is 17.2 Å². The van der Waals surface area contributed by atoms with Crippen LogP contribution in [0.1, 0.15) is 72.6 Å². The summed E-state index contributed by atoms with van der Waals surface area (Å²) in [5, 5.41) is 9.48. The number of hydrogen-bond donors (Lipinski definition) is 7. The fourth-order valence-electron chi connectivity index (χ4n) is 3.44. The molecule has 14 heteroatoms. The molecular formula is C24H43N7O7. The first-order valence-corrected chi connectivity index (χ1v) is 12.7. The van der Waals surface area contributed by atoms with Crippen molar-refractivity contribution in [3.05, 3.63) is 0 Å². The highest BCUT2D eigenvalue weighted by molar-refractivity contribution is 6.37. The Morgan fingerprint density at radius 3 is 1.84 bits per heavy atom. The highest BCUT2D eigenvalue weighted by atomic mass is 16.2. The monoisotopic (exact) mass is 541 g/mol. The van der Waals surface area contributed by atoms with Crippen molar-refractivity contribution in [2.75, 3.05) is 6.54 Å². The maximum atomic E-state index is 13.1. The van der Waals surface area contributed by atoms with Crippen molar-refractivity contribution < 1.29 is 33.6 Å². The number of imide groups is 1. The molecule has 10 N–H and O–H groups in total. The van der Waals surface area contributed by atoms with Gasteiger partial charge in [-0.3, -0.25) is 38.9 Å². The molecule has 0 aliphatic carbocycles. The number of nitrogens with two attached hydrogens (primary N) is 3. The second-order valence-corrected chi connectivity index (χ2v) is 9.83. The summed E-state index contributed by atoms with van der Waals surface area (Å²) in [5.41, 5.74) is 15.4. The predicted octanol–water partition coefficient (Wildman–Crippen LogP) is -1.94. The summed E-state index contributed by atoms with van der Waals surface area (Å²) in [7, 11) is 0. The van der Waals surface area contributed by atoms with Gasteiger partial charge in [0.2, 0.25) is 29.5 Å². The van der Waals surface area contributed by atoms with Crippen LogP contribution in [-0.4, -0.2) is 66.0 Å². The second kappa shape index (κ2) is 17.8. The summed E-state index contributed by atoms with van der Waals surface area (Å²) in [6.07, 6.45) is 2.19. The molecule has 216 valence electrons. The van der Waals surface area contributed by atoms with Gasteiger partial charge >= 0.3 is 11.8 Å². The topological polar surface area (TPSA) is 246 Å². The summed E-state index contributed by atoms with van der Waals surface area (Å²) in [5.74, 6) is -6.68. The highest BCUT2D eigenvalue weighted by Gasteiger charge is 2.32. The maximum Gasteiger partial charge on any atom is 0.315 e. The number of carbonyl (C=O) groups is 7. The molecule has 0 aliphatic rings. The van der Waals surface area contributed by atoms with E-state index in [-0.39, 0.29) is 31.1 Å². The molecule has 0 aromatic carbocycles. The van der Waals surface area contributed by atoms with E-state index in [2.05, 4.69) is 16.0 Å². The molecular weight excluding hydrogens is 498 g/mol. The molecule has 0 heterocycles. The number of carbonyl (C=O) groups excluding carboxylic acids is 7. The molecule has 0 saturated heterocycles. The standard InChI is InChI=1S/C24H43N7O7/c1-13(2)12-16(28-18(33)8-6-5-7-11-25)22(36)30-19(14(3)4)23(37)29-15(9-10-17(26)32)21(35)31-24(38)20(27)34/h13-16,19H,5-12,25H2,1-4H3,(H2,26,32)(H2,27,34)(H,28,33)(H,29,37)(H,30,36)(H,31,35,38)/t15-,16-,19-/m0/s1. The Bertz CT molecular complexity index is 861. The quantitative estimate of drug-likeness (QED) is 0.0804. The van der Waals surface area contributed by atoms with Crippen molar-refractivity contribution in [3.63, 3.8) is 0 Å². The Morgan fingerprint density at radius 1 is 0.711 bits per heavy atom. The van der Waals surface area contributed by atoms with Crippen LogP contribution in [0.15, 0.2) is 0 Å². The van der Waals surface area contributed by atoms with Crippen LogP contribution in [0.5, 0.6) is 0 Å². The molecule has 0 aromatic heterocycles. The molecule has 0 spiro atoms. The van der Waals surface area contributed by atoms with Crippen molar-refractivity contribution in [3.8, 4) is 0 Å². The minimum Gasteiger partial charge on any atom is -0.370 e. The average Bonchev–Trinajstić information content (AvgIpc) is 2.81. The van der Waals surface area contributed by atoms with E-state index in [9.17, 15) is 33.6 Å². The van der Waals surface area contributed by atoms with Gasteiger partial charge in [-0.2, -0.15) is 0 Å². The smallest absolute Gasteiger partial charge is 0.315 e. The van der Waals surface area contributed by atoms with Crippen molar-refractivity contribution >= 4 is 41.4 Å². The third-order valence-corrected chi connectivity index (χ3v) is 5.49. The van der Waals surface area contributed by atoms with Crippen LogP contribution >= 0.6 is 0 Å². The Morgan fingerprint density at radius 2 is 1.34 bits per heavy atom. The van der Waals surface area contributed by atoms with E-state index < -0.39 is 59.5 Å². The van der Waals surface area contributed by atoms with E-state index in [1.54, 1.807) is 19.2 Å². The van der Waals surface area contributed by atoms with Gasteiger partial charge in [-0.1, -0.05) is 34.1 Å². The zero-order valence-corrected chi connectivity index (χ0v) is 22.6. The van der Waals surface area contributed by atoms with E-state index >= 15 is 0 Å². The minimum absolute atomic E-state index is 0.0549. The molecule has 0 rings (SSSR count). The lowest BCUT2D eigenvalue weighted by Crippen LogP contribution is -2.59. The number of rotatable bonds is 17. The lowest BCUT2D eigenvalue weighted by molar-refractivity contribution is -0.142. The average molecular weight is 542 g/mol. The summed E-state index contributed by atoms with van der Waals surface area (Å²) in [4.78, 5) is 84.7. The lowest BCUT2D eigenvalue weighted by atomic mass is 9.99. The SMILES string of the molecule is CC(C)C[C@H](NC(=O)CCCCCN)C(=O)N[C@H](C(=O)N[C@@H](CCC(N)=O)C(=O)NC(=O)C(N)=O)C(C)C. The molecule has 0 fully saturated rings. The van der Waals surface area contributed by atoms with Crippen LogP contribution in [0.3, 0.4) is 0 Å². The fraction of sp³-hybridized carbons (Fsp3) is 0.708. The van der Waals surface area contributed by atoms with Gasteiger partial charge in [0.25, 0.3) is 0 Å². The maximum absolute atomic E-state index is 13.1. The molecule has 14 nitrogen and oxygen atoms in total. The summed E-state index contributed by atoms with van der Waals surface area (Å²) in [6.45, 7) is 7.62. The van der Waals surface area contributed by atoms with Crippen LogP contribution < -0.4 is 38.5 Å². The molecule has 0 aromatic rings.